The highest BCUT2D eigenvalue weighted by Gasteiger charge is 2.14. The van der Waals surface area contributed by atoms with Crippen LogP contribution in [0, 0.1) is 9.81 Å². The van der Waals surface area contributed by atoms with Crippen LogP contribution >= 0.6 is 0 Å². The third-order valence-corrected chi connectivity index (χ3v) is 2.93. The first kappa shape index (κ1) is 21.7. The Kier molecular flexibility index (Phi) is 12.9. The lowest BCUT2D eigenvalue weighted by Crippen LogP contribution is -2.38. The maximum absolute atomic E-state index is 11.4. The Morgan fingerprint density at radius 2 is 1.12 bits per heavy atom. The zero-order chi connectivity index (χ0) is 18.2. The van der Waals surface area contributed by atoms with Crippen molar-refractivity contribution in [1.29, 1.82) is 0 Å². The molecule has 0 bridgehead atoms. The molecule has 0 radical (unpaired) electrons. The van der Waals surface area contributed by atoms with Gasteiger partial charge in [-0.1, -0.05) is 12.8 Å². The molecular weight excluding hydrogens is 324 g/mol. The molecule has 0 atom stereocenters. The van der Waals surface area contributed by atoms with E-state index < -0.39 is 12.1 Å². The van der Waals surface area contributed by atoms with Crippen LogP contribution in [0.4, 0.5) is 9.59 Å². The molecule has 0 aromatic carbocycles. The topological polar surface area (TPSA) is 164 Å². The van der Waals surface area contributed by atoms with Crippen molar-refractivity contribution in [2.75, 3.05) is 39.4 Å². The van der Waals surface area contributed by atoms with Crippen LogP contribution in [0.25, 0.3) is 0 Å². The molecule has 0 fully saturated rings. The normalized spacial score (nSPS) is 9.92. The van der Waals surface area contributed by atoms with Gasteiger partial charge in [0.05, 0.1) is 23.8 Å². The highest BCUT2D eigenvalue weighted by atomic mass is 16.3. The fourth-order valence-electron chi connectivity index (χ4n) is 1.74. The summed E-state index contributed by atoms with van der Waals surface area (Å²) in [6, 6.07) is -1.34. The molecule has 12 heteroatoms. The van der Waals surface area contributed by atoms with Gasteiger partial charge < -0.3 is 20.8 Å². The molecule has 0 spiro atoms. The Bertz CT molecular complexity index is 360. The average Bonchev–Trinajstić information content (AvgIpc) is 2.60. The SMILES string of the molecule is O=NN(CCCCCCN(N=O)C(=O)NCCO)C(=O)NCCO. The molecule has 0 aliphatic carbocycles. The molecule has 0 rings (SSSR count). The highest BCUT2D eigenvalue weighted by Crippen LogP contribution is 2.05. The molecule has 0 aromatic rings. The van der Waals surface area contributed by atoms with Crippen LogP contribution in [0.5, 0.6) is 0 Å². The van der Waals surface area contributed by atoms with E-state index in [2.05, 4.69) is 21.2 Å². The van der Waals surface area contributed by atoms with Gasteiger partial charge in [0, 0.05) is 26.2 Å². The summed E-state index contributed by atoms with van der Waals surface area (Å²) in [5, 5.41) is 28.5. The number of rotatable bonds is 13. The van der Waals surface area contributed by atoms with Gasteiger partial charge in [-0.15, -0.1) is 9.81 Å². The summed E-state index contributed by atoms with van der Waals surface area (Å²) in [5.41, 5.74) is 0. The Morgan fingerprint density at radius 3 is 1.42 bits per heavy atom. The maximum atomic E-state index is 11.4. The number of carbonyl (C=O) groups is 2. The van der Waals surface area contributed by atoms with Crippen LogP contribution in [-0.4, -0.2) is 71.7 Å². The number of nitrogens with one attached hydrogen (secondary N) is 2. The summed E-state index contributed by atoms with van der Waals surface area (Å²) in [4.78, 5) is 44.0. The van der Waals surface area contributed by atoms with Crippen molar-refractivity contribution < 1.29 is 19.8 Å². The molecule has 4 amide bonds. The third-order valence-electron chi connectivity index (χ3n) is 2.93. The Morgan fingerprint density at radius 1 is 0.750 bits per heavy atom. The molecule has 0 saturated carbocycles. The summed E-state index contributed by atoms with van der Waals surface area (Å²) < 4.78 is 0. The monoisotopic (exact) mass is 348 g/mol. The minimum absolute atomic E-state index is 0.0394. The van der Waals surface area contributed by atoms with Crippen molar-refractivity contribution in [1.82, 2.24) is 20.7 Å². The Hall–Kier alpha value is -2.34. The van der Waals surface area contributed by atoms with Crippen LogP contribution in [0.1, 0.15) is 25.7 Å². The quantitative estimate of drug-likeness (QED) is 0.206. The van der Waals surface area contributed by atoms with Gasteiger partial charge in [0.15, 0.2) is 0 Å². The predicted molar refractivity (Wildman–Crippen MR) is 84.4 cm³/mol. The van der Waals surface area contributed by atoms with Crippen molar-refractivity contribution in [2.45, 2.75) is 25.7 Å². The summed E-state index contributed by atoms with van der Waals surface area (Å²) in [6.07, 6.45) is 2.35. The highest BCUT2D eigenvalue weighted by molar-refractivity contribution is 5.74. The van der Waals surface area contributed by atoms with Crippen LogP contribution in [0.3, 0.4) is 0 Å². The van der Waals surface area contributed by atoms with Gasteiger partial charge in [-0.3, -0.25) is 0 Å². The minimum atomic E-state index is -0.670. The van der Waals surface area contributed by atoms with E-state index in [9.17, 15) is 19.4 Å². The lowest BCUT2D eigenvalue weighted by molar-refractivity contribution is 0.191. The number of nitrogens with zero attached hydrogens (tertiary/aromatic N) is 4. The second kappa shape index (κ2) is 14.3. The third kappa shape index (κ3) is 9.63. The van der Waals surface area contributed by atoms with E-state index in [1.165, 1.54) is 0 Å². The van der Waals surface area contributed by atoms with Crippen LogP contribution in [0.2, 0.25) is 0 Å². The van der Waals surface area contributed by atoms with E-state index in [0.717, 1.165) is 10.0 Å². The molecule has 4 N–H and O–H groups in total. The molecule has 0 unspecified atom stereocenters. The van der Waals surface area contributed by atoms with Crippen molar-refractivity contribution >= 4 is 12.1 Å². The van der Waals surface area contributed by atoms with E-state index in [0.29, 0.717) is 25.7 Å². The van der Waals surface area contributed by atoms with Gasteiger partial charge in [0.2, 0.25) is 0 Å². The Labute approximate surface area is 139 Å². The molecule has 0 saturated heterocycles. The molecule has 24 heavy (non-hydrogen) atoms. The first-order chi connectivity index (χ1) is 11.6. The van der Waals surface area contributed by atoms with Crippen molar-refractivity contribution in [3.05, 3.63) is 9.81 Å². The van der Waals surface area contributed by atoms with Gasteiger partial charge in [-0.05, 0) is 12.8 Å². The van der Waals surface area contributed by atoms with Gasteiger partial charge in [-0.2, -0.15) is 10.0 Å². The van der Waals surface area contributed by atoms with E-state index >= 15 is 0 Å². The van der Waals surface area contributed by atoms with E-state index in [-0.39, 0.29) is 39.4 Å². The second-order valence-corrected chi connectivity index (χ2v) is 4.73. The largest absolute Gasteiger partial charge is 0.395 e. The zero-order valence-corrected chi connectivity index (χ0v) is 13.4. The van der Waals surface area contributed by atoms with Crippen molar-refractivity contribution in [3.63, 3.8) is 0 Å². The second-order valence-electron chi connectivity index (χ2n) is 4.73. The smallest absolute Gasteiger partial charge is 0.340 e. The summed E-state index contributed by atoms with van der Waals surface area (Å²) >= 11 is 0. The van der Waals surface area contributed by atoms with Crippen molar-refractivity contribution in [3.8, 4) is 0 Å². The first-order valence-electron chi connectivity index (χ1n) is 7.59. The molecule has 0 aliphatic rings. The van der Waals surface area contributed by atoms with Gasteiger partial charge in [0.1, 0.15) is 0 Å². The van der Waals surface area contributed by atoms with Gasteiger partial charge >= 0.3 is 12.1 Å². The summed E-state index contributed by atoms with van der Waals surface area (Å²) in [6.45, 7) is -0.118. The molecule has 12 nitrogen and oxygen atoms in total. The molecule has 0 aliphatic heterocycles. The van der Waals surface area contributed by atoms with E-state index in [4.69, 9.17) is 10.2 Å². The number of hydrogen-bond acceptors (Lipinski definition) is 8. The zero-order valence-electron chi connectivity index (χ0n) is 13.4. The molecule has 138 valence electrons. The van der Waals surface area contributed by atoms with E-state index in [1.807, 2.05) is 0 Å². The maximum Gasteiger partial charge on any atom is 0.340 e. The minimum Gasteiger partial charge on any atom is -0.395 e. The number of nitroso groups, excluding NO2 is 2. The summed E-state index contributed by atoms with van der Waals surface area (Å²) in [7, 11) is 0. The molecular formula is C12H24N6O6. The summed E-state index contributed by atoms with van der Waals surface area (Å²) in [5.74, 6) is 0. The molecule has 0 heterocycles. The van der Waals surface area contributed by atoms with Gasteiger partial charge in [0.25, 0.3) is 0 Å². The fraction of sp³-hybridized carbons (Fsp3) is 0.833. The number of aliphatic hydroxyl groups excluding tert-OH is 2. The number of unbranched alkanes of at least 4 members (excludes halogenated alkanes) is 3. The standard InChI is InChI=1S/C12H24N6O6/c19-9-5-13-11(21)17(15-23)7-3-1-2-4-8-18(16-24)12(22)14-6-10-20/h19-20H,1-10H2,(H,13,21)(H,14,22). The van der Waals surface area contributed by atoms with E-state index in [1.54, 1.807) is 0 Å². The number of amides is 4. The van der Waals surface area contributed by atoms with Crippen LogP contribution in [-0.2, 0) is 0 Å². The fourth-order valence-corrected chi connectivity index (χ4v) is 1.74. The lowest BCUT2D eigenvalue weighted by atomic mass is 10.2. The van der Waals surface area contributed by atoms with Crippen molar-refractivity contribution in [2.24, 2.45) is 10.6 Å². The number of urea groups is 2. The van der Waals surface area contributed by atoms with Crippen LogP contribution in [0.15, 0.2) is 10.6 Å². The van der Waals surface area contributed by atoms with Gasteiger partial charge in [-0.25, -0.2) is 9.59 Å². The predicted octanol–water partition coefficient (Wildman–Crippen LogP) is -0.0826. The average molecular weight is 348 g/mol. The Balaban J connectivity index is 3.87. The van der Waals surface area contributed by atoms with Crippen LogP contribution < -0.4 is 10.6 Å². The number of carbonyl (C=O) groups excluding carboxylic acids is 2. The number of aliphatic hydroxyl groups is 2. The lowest BCUT2D eigenvalue weighted by Gasteiger charge is -2.15. The first-order valence-corrected chi connectivity index (χ1v) is 7.59. The number of hydrogen-bond donors (Lipinski definition) is 4. The molecule has 0 aromatic heterocycles.